The quantitative estimate of drug-likeness (QED) is 0.925. The summed E-state index contributed by atoms with van der Waals surface area (Å²) in [5.41, 5.74) is 0.787. The summed E-state index contributed by atoms with van der Waals surface area (Å²) in [6.45, 7) is 4.19. The molecule has 2 fully saturated rings. The van der Waals surface area contributed by atoms with Crippen molar-refractivity contribution in [2.75, 3.05) is 6.54 Å². The Kier molecular flexibility index (Phi) is 4.21. The minimum atomic E-state index is -0.805. The lowest BCUT2D eigenvalue weighted by Crippen LogP contribution is -2.47. The molecule has 0 radical (unpaired) electrons. The molecule has 1 aromatic heterocycles. The smallest absolute Gasteiger partial charge is 0.308 e. The van der Waals surface area contributed by atoms with Crippen LogP contribution in [0.15, 0.2) is 0 Å². The molecule has 6 heteroatoms. The van der Waals surface area contributed by atoms with Crippen LogP contribution in [0.3, 0.4) is 0 Å². The van der Waals surface area contributed by atoms with Gasteiger partial charge in [0.05, 0.1) is 16.6 Å². The zero-order chi connectivity index (χ0) is 15.9. The summed E-state index contributed by atoms with van der Waals surface area (Å²) in [4.78, 5) is 31.0. The second-order valence-corrected chi connectivity index (χ2v) is 7.67. The van der Waals surface area contributed by atoms with Gasteiger partial charge in [-0.3, -0.25) is 9.59 Å². The Labute approximate surface area is 134 Å². The standard InChI is InChI=1S/C16H22N2O3S/c1-9-3-6-12(16(20)21)8-18(9)15(19)14-10(2)17-13(22-14)7-11-4-5-11/h9,11-12H,3-8H2,1-2H3,(H,20,21). The van der Waals surface area contributed by atoms with E-state index in [0.29, 0.717) is 17.8 Å². The van der Waals surface area contributed by atoms with E-state index in [9.17, 15) is 14.7 Å². The largest absolute Gasteiger partial charge is 0.481 e. The third kappa shape index (κ3) is 3.16. The lowest BCUT2D eigenvalue weighted by molar-refractivity contribution is -0.143. The van der Waals surface area contributed by atoms with Gasteiger partial charge < -0.3 is 10.0 Å². The first-order chi connectivity index (χ1) is 10.5. The number of thiazole rings is 1. The second-order valence-electron chi connectivity index (χ2n) is 6.59. The summed E-state index contributed by atoms with van der Waals surface area (Å²) in [7, 11) is 0. The van der Waals surface area contributed by atoms with Crippen molar-refractivity contribution in [2.45, 2.75) is 52.0 Å². The van der Waals surface area contributed by atoms with E-state index < -0.39 is 11.9 Å². The first-order valence-electron chi connectivity index (χ1n) is 7.95. The third-order valence-electron chi connectivity index (χ3n) is 4.69. The van der Waals surface area contributed by atoms with Crippen LogP contribution in [0.25, 0.3) is 0 Å². The van der Waals surface area contributed by atoms with Crippen LogP contribution in [0.1, 0.15) is 53.0 Å². The highest BCUT2D eigenvalue weighted by molar-refractivity contribution is 7.13. The van der Waals surface area contributed by atoms with Crippen LogP contribution in [-0.4, -0.2) is 39.5 Å². The number of amides is 1. The van der Waals surface area contributed by atoms with E-state index in [1.807, 2.05) is 13.8 Å². The van der Waals surface area contributed by atoms with Gasteiger partial charge in [0.2, 0.25) is 0 Å². The van der Waals surface area contributed by atoms with Crippen molar-refractivity contribution in [3.63, 3.8) is 0 Å². The first kappa shape index (κ1) is 15.5. The molecule has 2 heterocycles. The molecule has 1 amide bonds. The number of piperidine rings is 1. The summed E-state index contributed by atoms with van der Waals surface area (Å²) in [5.74, 6) is -0.547. The fraction of sp³-hybridized carbons (Fsp3) is 0.688. The van der Waals surface area contributed by atoms with Crippen LogP contribution in [0.2, 0.25) is 0 Å². The highest BCUT2D eigenvalue weighted by Crippen LogP contribution is 2.35. The lowest BCUT2D eigenvalue weighted by Gasteiger charge is -2.36. The molecule has 120 valence electrons. The first-order valence-corrected chi connectivity index (χ1v) is 8.77. The number of hydrogen-bond donors (Lipinski definition) is 1. The summed E-state index contributed by atoms with van der Waals surface area (Å²) < 4.78 is 0. The van der Waals surface area contributed by atoms with E-state index in [2.05, 4.69) is 4.98 Å². The Balaban J connectivity index is 1.76. The molecule has 1 aromatic rings. The van der Waals surface area contributed by atoms with Gasteiger partial charge in [-0.25, -0.2) is 4.98 Å². The maximum absolute atomic E-state index is 12.8. The van der Waals surface area contributed by atoms with Crippen molar-refractivity contribution in [1.29, 1.82) is 0 Å². The van der Waals surface area contributed by atoms with Crippen molar-refractivity contribution in [1.82, 2.24) is 9.88 Å². The SMILES string of the molecule is Cc1nc(CC2CC2)sc1C(=O)N1CC(C(=O)O)CCC1C. The molecule has 0 aromatic carbocycles. The number of likely N-dealkylation sites (tertiary alicyclic amines) is 1. The van der Waals surface area contributed by atoms with Crippen LogP contribution in [0.5, 0.6) is 0 Å². The Morgan fingerprint density at radius 2 is 2.05 bits per heavy atom. The number of aryl methyl sites for hydroxylation is 1. The Hall–Kier alpha value is -1.43. The summed E-state index contributed by atoms with van der Waals surface area (Å²) in [6, 6.07) is 0.0940. The summed E-state index contributed by atoms with van der Waals surface area (Å²) in [5, 5.41) is 10.3. The number of carbonyl (C=O) groups excluding carboxylic acids is 1. The van der Waals surface area contributed by atoms with E-state index in [1.54, 1.807) is 4.90 Å². The molecular weight excluding hydrogens is 300 g/mol. The number of rotatable bonds is 4. The fourth-order valence-corrected chi connectivity index (χ4v) is 4.16. The third-order valence-corrected chi connectivity index (χ3v) is 5.86. The molecule has 5 nitrogen and oxygen atoms in total. The number of carbonyl (C=O) groups is 2. The zero-order valence-corrected chi connectivity index (χ0v) is 13.9. The highest BCUT2D eigenvalue weighted by atomic mass is 32.1. The number of carboxylic acid groups (broad SMARTS) is 1. The second kappa shape index (κ2) is 5.99. The summed E-state index contributed by atoms with van der Waals surface area (Å²) in [6.07, 6.45) is 4.91. The average Bonchev–Trinajstić information content (AvgIpc) is 3.20. The minimum Gasteiger partial charge on any atom is -0.481 e. The van der Waals surface area contributed by atoms with E-state index >= 15 is 0 Å². The van der Waals surface area contributed by atoms with Gasteiger partial charge in [0.1, 0.15) is 4.88 Å². The predicted molar refractivity (Wildman–Crippen MR) is 84.1 cm³/mol. The van der Waals surface area contributed by atoms with Gasteiger partial charge in [-0.15, -0.1) is 11.3 Å². The Morgan fingerprint density at radius 1 is 1.32 bits per heavy atom. The van der Waals surface area contributed by atoms with Crippen molar-refractivity contribution in [3.8, 4) is 0 Å². The van der Waals surface area contributed by atoms with Gasteiger partial charge >= 0.3 is 5.97 Å². The fourth-order valence-electron chi connectivity index (χ4n) is 3.03. The average molecular weight is 322 g/mol. The van der Waals surface area contributed by atoms with Gasteiger partial charge in [0.15, 0.2) is 0 Å². The van der Waals surface area contributed by atoms with E-state index in [0.717, 1.165) is 29.5 Å². The number of hydrogen-bond acceptors (Lipinski definition) is 4. The van der Waals surface area contributed by atoms with Gasteiger partial charge in [-0.05, 0) is 45.4 Å². The van der Waals surface area contributed by atoms with Crippen molar-refractivity contribution in [2.24, 2.45) is 11.8 Å². The van der Waals surface area contributed by atoms with Crippen molar-refractivity contribution in [3.05, 3.63) is 15.6 Å². The van der Waals surface area contributed by atoms with E-state index in [4.69, 9.17) is 0 Å². The molecular formula is C16H22N2O3S. The van der Waals surface area contributed by atoms with Crippen LogP contribution in [-0.2, 0) is 11.2 Å². The molecule has 1 saturated heterocycles. The Bertz CT molecular complexity index is 594. The molecule has 2 aliphatic rings. The molecule has 1 N–H and O–H groups in total. The number of aliphatic carboxylic acids is 1. The molecule has 2 unspecified atom stereocenters. The van der Waals surface area contributed by atoms with Crippen molar-refractivity contribution >= 4 is 23.2 Å². The molecule has 1 aliphatic carbocycles. The molecule has 1 aliphatic heterocycles. The van der Waals surface area contributed by atoms with Gasteiger partial charge in [0, 0.05) is 19.0 Å². The topological polar surface area (TPSA) is 70.5 Å². The van der Waals surface area contributed by atoms with Gasteiger partial charge in [-0.1, -0.05) is 0 Å². The maximum atomic E-state index is 12.8. The van der Waals surface area contributed by atoms with Crippen LogP contribution in [0, 0.1) is 18.8 Å². The molecule has 3 rings (SSSR count). The zero-order valence-electron chi connectivity index (χ0n) is 13.0. The van der Waals surface area contributed by atoms with E-state index in [1.165, 1.54) is 24.2 Å². The molecule has 22 heavy (non-hydrogen) atoms. The minimum absolute atomic E-state index is 0.0458. The van der Waals surface area contributed by atoms with Crippen LogP contribution >= 0.6 is 11.3 Å². The molecule has 1 saturated carbocycles. The van der Waals surface area contributed by atoms with Crippen LogP contribution < -0.4 is 0 Å². The van der Waals surface area contributed by atoms with Gasteiger partial charge in [-0.2, -0.15) is 0 Å². The summed E-state index contributed by atoms with van der Waals surface area (Å²) >= 11 is 1.49. The monoisotopic (exact) mass is 322 g/mol. The predicted octanol–water partition coefficient (Wildman–Crippen LogP) is 2.73. The van der Waals surface area contributed by atoms with E-state index in [-0.39, 0.29) is 11.9 Å². The van der Waals surface area contributed by atoms with Gasteiger partial charge in [0.25, 0.3) is 5.91 Å². The number of carboxylic acids is 1. The normalized spacial score (nSPS) is 25.3. The highest BCUT2D eigenvalue weighted by Gasteiger charge is 2.34. The Morgan fingerprint density at radius 3 is 2.68 bits per heavy atom. The molecule has 0 spiro atoms. The lowest BCUT2D eigenvalue weighted by atomic mass is 9.93. The van der Waals surface area contributed by atoms with Crippen LogP contribution in [0.4, 0.5) is 0 Å². The maximum Gasteiger partial charge on any atom is 0.308 e. The molecule has 0 bridgehead atoms. The number of aromatic nitrogens is 1. The van der Waals surface area contributed by atoms with Crippen molar-refractivity contribution < 1.29 is 14.7 Å². The number of nitrogens with zero attached hydrogens (tertiary/aromatic N) is 2. The molecule has 2 atom stereocenters.